The normalized spacial score (nSPS) is 19.9. The molecule has 3 N–H and O–H groups in total. The molecule has 1 heterocycles. The first-order valence-corrected chi connectivity index (χ1v) is 6.08. The monoisotopic (exact) mass is 252 g/mol. The van der Waals surface area contributed by atoms with Crippen molar-refractivity contribution in [2.45, 2.75) is 31.9 Å². The van der Waals surface area contributed by atoms with Crippen molar-refractivity contribution in [3.63, 3.8) is 0 Å². The van der Waals surface area contributed by atoms with Crippen molar-refractivity contribution in [1.29, 1.82) is 0 Å². The average Bonchev–Trinajstić information content (AvgIpc) is 2.38. The number of anilines is 1. The molecule has 18 heavy (non-hydrogen) atoms. The first-order chi connectivity index (χ1) is 8.63. The standard InChI is InChI=1S/C13H17FN2O2/c14-10-7-9(8-17)4-5-11(10)16-6-2-1-3-12(16)13(15)18/h4-5,7,12,17H,1-3,6,8H2,(H2,15,18). The maximum absolute atomic E-state index is 14.0. The van der Waals surface area contributed by atoms with Gasteiger partial charge in [-0.3, -0.25) is 4.79 Å². The zero-order chi connectivity index (χ0) is 13.1. The predicted octanol–water partition coefficient (Wildman–Crippen LogP) is 1.16. The lowest BCUT2D eigenvalue weighted by molar-refractivity contribution is -0.119. The van der Waals surface area contributed by atoms with Crippen molar-refractivity contribution >= 4 is 11.6 Å². The number of aliphatic hydroxyl groups excluding tert-OH is 1. The molecule has 1 aliphatic heterocycles. The summed E-state index contributed by atoms with van der Waals surface area (Å²) in [5.74, 6) is -0.838. The zero-order valence-electron chi connectivity index (χ0n) is 10.1. The molecule has 1 saturated heterocycles. The molecule has 0 aliphatic carbocycles. The quantitative estimate of drug-likeness (QED) is 0.848. The van der Waals surface area contributed by atoms with Crippen LogP contribution in [0, 0.1) is 5.82 Å². The number of rotatable bonds is 3. The van der Waals surface area contributed by atoms with E-state index in [1.54, 1.807) is 17.0 Å². The van der Waals surface area contributed by atoms with E-state index >= 15 is 0 Å². The van der Waals surface area contributed by atoms with Crippen LogP contribution in [0.3, 0.4) is 0 Å². The molecule has 2 rings (SSSR count). The Labute approximate surface area is 105 Å². The van der Waals surface area contributed by atoms with Crippen LogP contribution >= 0.6 is 0 Å². The molecule has 0 aromatic heterocycles. The molecule has 1 aliphatic rings. The molecule has 1 amide bonds. The smallest absolute Gasteiger partial charge is 0.240 e. The number of hydrogen-bond donors (Lipinski definition) is 2. The van der Waals surface area contributed by atoms with Crippen molar-refractivity contribution in [2.24, 2.45) is 5.73 Å². The van der Waals surface area contributed by atoms with Gasteiger partial charge in [-0.25, -0.2) is 4.39 Å². The van der Waals surface area contributed by atoms with E-state index in [1.807, 2.05) is 0 Å². The summed E-state index contributed by atoms with van der Waals surface area (Å²) >= 11 is 0. The fourth-order valence-corrected chi connectivity index (χ4v) is 2.40. The molecule has 1 aromatic rings. The summed E-state index contributed by atoms with van der Waals surface area (Å²) in [6.07, 6.45) is 2.52. The van der Waals surface area contributed by atoms with Crippen LogP contribution in [0.4, 0.5) is 10.1 Å². The van der Waals surface area contributed by atoms with Crippen LogP contribution in [0.15, 0.2) is 18.2 Å². The van der Waals surface area contributed by atoms with Crippen molar-refractivity contribution in [2.75, 3.05) is 11.4 Å². The number of carbonyl (C=O) groups is 1. The topological polar surface area (TPSA) is 66.6 Å². The minimum atomic E-state index is -0.437. The highest BCUT2D eigenvalue weighted by molar-refractivity contribution is 5.84. The first kappa shape index (κ1) is 12.8. The number of aliphatic hydroxyl groups is 1. The lowest BCUT2D eigenvalue weighted by Gasteiger charge is -2.35. The number of nitrogens with zero attached hydrogens (tertiary/aromatic N) is 1. The number of amides is 1. The van der Waals surface area contributed by atoms with Crippen LogP contribution in [0.2, 0.25) is 0 Å². The van der Waals surface area contributed by atoms with E-state index in [0.717, 1.165) is 12.8 Å². The van der Waals surface area contributed by atoms with Gasteiger partial charge < -0.3 is 15.7 Å². The highest BCUT2D eigenvalue weighted by Gasteiger charge is 2.28. The van der Waals surface area contributed by atoms with E-state index in [-0.39, 0.29) is 6.61 Å². The predicted molar refractivity (Wildman–Crippen MR) is 66.5 cm³/mol. The third-order valence-electron chi connectivity index (χ3n) is 3.34. The molecule has 1 fully saturated rings. The van der Waals surface area contributed by atoms with Gasteiger partial charge in [0.05, 0.1) is 12.3 Å². The molecule has 0 saturated carbocycles. The third-order valence-corrected chi connectivity index (χ3v) is 3.34. The van der Waals surface area contributed by atoms with Crippen LogP contribution in [0.25, 0.3) is 0 Å². The fraction of sp³-hybridized carbons (Fsp3) is 0.462. The molecule has 1 atom stereocenters. The van der Waals surface area contributed by atoms with Gasteiger partial charge in [-0.1, -0.05) is 6.07 Å². The van der Waals surface area contributed by atoms with Crippen LogP contribution in [0.5, 0.6) is 0 Å². The third kappa shape index (κ3) is 2.46. The second-order valence-electron chi connectivity index (χ2n) is 4.55. The highest BCUT2D eigenvalue weighted by Crippen LogP contribution is 2.27. The summed E-state index contributed by atoms with van der Waals surface area (Å²) in [6, 6.07) is 4.11. The number of carbonyl (C=O) groups excluding carboxylic acids is 1. The minimum absolute atomic E-state index is 0.198. The Balaban J connectivity index is 2.31. The zero-order valence-corrected chi connectivity index (χ0v) is 10.1. The number of halogens is 1. The number of hydrogen-bond acceptors (Lipinski definition) is 3. The van der Waals surface area contributed by atoms with Gasteiger partial charge >= 0.3 is 0 Å². The summed E-state index contributed by atoms with van der Waals surface area (Å²) in [4.78, 5) is 13.1. The van der Waals surface area contributed by atoms with E-state index in [2.05, 4.69) is 0 Å². The lowest BCUT2D eigenvalue weighted by atomic mass is 10.0. The number of primary amides is 1. The van der Waals surface area contributed by atoms with Crippen molar-refractivity contribution < 1.29 is 14.3 Å². The van der Waals surface area contributed by atoms with E-state index < -0.39 is 17.8 Å². The maximum atomic E-state index is 14.0. The Morgan fingerprint density at radius 3 is 2.89 bits per heavy atom. The molecule has 0 spiro atoms. The van der Waals surface area contributed by atoms with Gasteiger partial charge in [0.15, 0.2) is 0 Å². The number of benzene rings is 1. The molecular weight excluding hydrogens is 235 g/mol. The van der Waals surface area contributed by atoms with Gasteiger partial charge in [0, 0.05) is 6.54 Å². The van der Waals surface area contributed by atoms with Crippen LogP contribution < -0.4 is 10.6 Å². The van der Waals surface area contributed by atoms with E-state index in [9.17, 15) is 9.18 Å². The summed E-state index contributed by atoms with van der Waals surface area (Å²) in [6.45, 7) is 0.430. The molecule has 0 radical (unpaired) electrons. The minimum Gasteiger partial charge on any atom is -0.392 e. The van der Waals surface area contributed by atoms with Crippen molar-refractivity contribution in [3.05, 3.63) is 29.6 Å². The summed E-state index contributed by atoms with van der Waals surface area (Å²) in [5.41, 5.74) is 6.26. The van der Waals surface area contributed by atoms with Gasteiger partial charge in [0.2, 0.25) is 5.91 Å². The second-order valence-corrected chi connectivity index (χ2v) is 4.55. The molecule has 1 unspecified atom stereocenters. The molecule has 1 aromatic carbocycles. The number of nitrogens with two attached hydrogens (primary N) is 1. The maximum Gasteiger partial charge on any atom is 0.240 e. The molecule has 98 valence electrons. The van der Waals surface area contributed by atoms with Gasteiger partial charge in [0.25, 0.3) is 0 Å². The van der Waals surface area contributed by atoms with Crippen LogP contribution in [-0.4, -0.2) is 23.6 Å². The Morgan fingerprint density at radius 2 is 2.28 bits per heavy atom. The Morgan fingerprint density at radius 1 is 1.50 bits per heavy atom. The largest absolute Gasteiger partial charge is 0.392 e. The first-order valence-electron chi connectivity index (χ1n) is 6.08. The van der Waals surface area contributed by atoms with Crippen molar-refractivity contribution in [3.8, 4) is 0 Å². The highest BCUT2D eigenvalue weighted by atomic mass is 19.1. The fourth-order valence-electron chi connectivity index (χ4n) is 2.40. The second kappa shape index (κ2) is 5.35. The van der Waals surface area contributed by atoms with Gasteiger partial charge in [-0.15, -0.1) is 0 Å². The van der Waals surface area contributed by atoms with E-state index in [4.69, 9.17) is 10.8 Å². The van der Waals surface area contributed by atoms with E-state index in [0.29, 0.717) is 24.2 Å². The summed E-state index contributed by atoms with van der Waals surface area (Å²) in [7, 11) is 0. The molecule has 0 bridgehead atoms. The lowest BCUT2D eigenvalue weighted by Crippen LogP contribution is -2.48. The van der Waals surface area contributed by atoms with Gasteiger partial charge in [-0.2, -0.15) is 0 Å². The van der Waals surface area contributed by atoms with Crippen LogP contribution in [-0.2, 0) is 11.4 Å². The van der Waals surface area contributed by atoms with E-state index in [1.165, 1.54) is 6.07 Å². The SMILES string of the molecule is NC(=O)C1CCCCN1c1ccc(CO)cc1F. The van der Waals surface area contributed by atoms with Gasteiger partial charge in [-0.05, 0) is 37.0 Å². The Hall–Kier alpha value is -1.62. The number of piperidine rings is 1. The van der Waals surface area contributed by atoms with Crippen LogP contribution in [0.1, 0.15) is 24.8 Å². The summed E-state index contributed by atoms with van der Waals surface area (Å²) < 4.78 is 14.0. The Bertz CT molecular complexity index is 451. The summed E-state index contributed by atoms with van der Waals surface area (Å²) in [5, 5.41) is 8.95. The average molecular weight is 252 g/mol. The van der Waals surface area contributed by atoms with Crippen molar-refractivity contribution in [1.82, 2.24) is 0 Å². The van der Waals surface area contributed by atoms with Gasteiger partial charge in [0.1, 0.15) is 11.9 Å². The Kier molecular flexibility index (Phi) is 3.81. The molecule has 4 nitrogen and oxygen atoms in total. The molecule has 5 heteroatoms. The molecular formula is C13H17FN2O2.